The molecule has 2 saturated heterocycles. The van der Waals surface area contributed by atoms with Gasteiger partial charge < -0.3 is 48.7 Å². The van der Waals surface area contributed by atoms with Crippen LogP contribution in [0.4, 0.5) is 0 Å². The van der Waals surface area contributed by atoms with Crippen LogP contribution in [-0.4, -0.2) is 90.6 Å². The van der Waals surface area contributed by atoms with Crippen LogP contribution in [0.1, 0.15) is 29.2 Å². The third kappa shape index (κ3) is 11.4. The van der Waals surface area contributed by atoms with E-state index < -0.39 is 67.2 Å². The summed E-state index contributed by atoms with van der Waals surface area (Å²) in [4.78, 5) is 15.6. The van der Waals surface area contributed by atoms with E-state index in [1.165, 1.54) is 6.92 Å². The number of carbonyl (C=O) groups excluding carboxylic acids is 1. The fourth-order valence-electron chi connectivity index (χ4n) is 6.76. The lowest BCUT2D eigenvalue weighted by molar-refractivity contribution is -0.335. The van der Waals surface area contributed by atoms with Gasteiger partial charge in [0.05, 0.1) is 45.7 Å². The van der Waals surface area contributed by atoms with Gasteiger partial charge in [-0.3, -0.25) is 4.79 Å². The maximum Gasteiger partial charge on any atom is 0.217 e. The van der Waals surface area contributed by atoms with E-state index in [2.05, 4.69) is 15.3 Å². The second kappa shape index (κ2) is 21.0. The van der Waals surface area contributed by atoms with Crippen molar-refractivity contribution in [3.63, 3.8) is 0 Å². The molecule has 56 heavy (non-hydrogen) atoms. The molecule has 0 radical (unpaired) electrons. The Morgan fingerprint density at radius 2 is 1.14 bits per heavy atom. The molecule has 296 valence electrons. The highest BCUT2D eigenvalue weighted by atomic mass is 16.7. The van der Waals surface area contributed by atoms with Gasteiger partial charge in [0.15, 0.2) is 12.6 Å². The number of hydrogen-bond acceptors (Lipinski definition) is 11. The van der Waals surface area contributed by atoms with Crippen molar-refractivity contribution >= 4 is 5.91 Å². The summed E-state index contributed by atoms with van der Waals surface area (Å²) in [6, 6.07) is 35.6. The number of benzene rings is 4. The molecule has 6 rings (SSSR count). The van der Waals surface area contributed by atoms with Gasteiger partial charge >= 0.3 is 0 Å². The van der Waals surface area contributed by atoms with E-state index >= 15 is 0 Å². The Bertz CT molecular complexity index is 1810. The van der Waals surface area contributed by atoms with Crippen LogP contribution in [0.15, 0.2) is 126 Å². The van der Waals surface area contributed by atoms with E-state index in [-0.39, 0.29) is 39.6 Å². The second-order valence-corrected chi connectivity index (χ2v) is 13.6. The van der Waals surface area contributed by atoms with Crippen LogP contribution < -0.4 is 5.32 Å². The van der Waals surface area contributed by atoms with E-state index in [1.807, 2.05) is 121 Å². The molecule has 0 spiro atoms. The molecule has 2 aliphatic heterocycles. The van der Waals surface area contributed by atoms with Gasteiger partial charge in [0.25, 0.3) is 0 Å². The Balaban J connectivity index is 1.31. The molecule has 4 aromatic rings. The first-order chi connectivity index (χ1) is 27.4. The average Bonchev–Trinajstić information content (AvgIpc) is 3.22. The number of rotatable bonds is 18. The highest BCUT2D eigenvalue weighted by molar-refractivity contribution is 5.73. The Labute approximate surface area is 325 Å². The maximum atomic E-state index is 12.5. The zero-order valence-corrected chi connectivity index (χ0v) is 31.1. The topological polar surface area (TPSA) is 183 Å². The van der Waals surface area contributed by atoms with E-state index in [9.17, 15) is 20.5 Å². The Morgan fingerprint density at radius 1 is 0.679 bits per heavy atom. The van der Waals surface area contributed by atoms with E-state index in [0.29, 0.717) is 0 Å². The number of aliphatic hydroxyl groups is 2. The first-order valence-corrected chi connectivity index (χ1v) is 18.6. The molecular weight excluding hydrogens is 720 g/mol. The minimum Gasteiger partial charge on any atom is -0.388 e. The lowest BCUT2D eigenvalue weighted by atomic mass is 9.94. The number of carbonyl (C=O) groups is 1. The first-order valence-electron chi connectivity index (χ1n) is 18.6. The number of azide groups is 1. The van der Waals surface area contributed by atoms with E-state index in [1.54, 1.807) is 0 Å². The highest BCUT2D eigenvalue weighted by Gasteiger charge is 2.52. The summed E-state index contributed by atoms with van der Waals surface area (Å²) in [7, 11) is 0. The molecule has 0 aromatic heterocycles. The summed E-state index contributed by atoms with van der Waals surface area (Å²) in [5.74, 6) is -0.433. The van der Waals surface area contributed by atoms with Crippen molar-refractivity contribution in [2.45, 2.75) is 94.6 Å². The number of aliphatic hydroxyl groups excluding tert-OH is 2. The molecule has 2 fully saturated rings. The second-order valence-electron chi connectivity index (χ2n) is 13.6. The molecule has 14 nitrogen and oxygen atoms in total. The molecule has 1 amide bonds. The summed E-state index contributed by atoms with van der Waals surface area (Å²) in [5, 5.41) is 29.8. The van der Waals surface area contributed by atoms with Gasteiger partial charge in [-0.2, -0.15) is 0 Å². The molecule has 0 saturated carbocycles. The fourth-order valence-corrected chi connectivity index (χ4v) is 6.76. The van der Waals surface area contributed by atoms with Gasteiger partial charge in [0.1, 0.15) is 42.6 Å². The minimum absolute atomic E-state index is 0.0595. The van der Waals surface area contributed by atoms with Crippen LogP contribution in [-0.2, 0) is 64.4 Å². The van der Waals surface area contributed by atoms with Gasteiger partial charge in [0, 0.05) is 11.8 Å². The van der Waals surface area contributed by atoms with Crippen molar-refractivity contribution in [3.8, 4) is 0 Å². The highest BCUT2D eigenvalue weighted by Crippen LogP contribution is 2.34. The first kappa shape index (κ1) is 40.9. The minimum atomic E-state index is -1.51. The lowest BCUT2D eigenvalue weighted by Gasteiger charge is -2.48. The van der Waals surface area contributed by atoms with Gasteiger partial charge in [0.2, 0.25) is 5.91 Å². The predicted molar refractivity (Wildman–Crippen MR) is 203 cm³/mol. The number of nitrogens with one attached hydrogen (secondary N) is 1. The average molecular weight is 769 g/mol. The SMILES string of the molecule is CC(=O)N[C@@H]1[C@@H](OCc2ccccc2)[C@H](O[C@@H]2O[C@H](COCc3ccccc3)[C@@H](O)[C@H](OCc3ccccc3)[C@H]2N=[N+]=[N-])[C@@H](COCc2ccccc2)O[C@H]1O. The quantitative estimate of drug-likeness (QED) is 0.0711. The molecule has 0 bridgehead atoms. The summed E-state index contributed by atoms with van der Waals surface area (Å²) < 4.78 is 44.2. The maximum absolute atomic E-state index is 12.5. The number of nitrogens with zero attached hydrogens (tertiary/aromatic N) is 3. The number of ether oxygens (including phenoxy) is 7. The summed E-state index contributed by atoms with van der Waals surface area (Å²) in [6.07, 6.45) is -9.34. The van der Waals surface area contributed by atoms with E-state index in [4.69, 9.17) is 33.2 Å². The molecule has 10 atom stereocenters. The van der Waals surface area contributed by atoms with Crippen molar-refractivity contribution < 1.29 is 48.2 Å². The van der Waals surface area contributed by atoms with Crippen molar-refractivity contribution in [2.75, 3.05) is 13.2 Å². The number of hydrogen-bond donors (Lipinski definition) is 3. The van der Waals surface area contributed by atoms with Gasteiger partial charge in [-0.1, -0.05) is 126 Å². The summed E-state index contributed by atoms with van der Waals surface area (Å²) >= 11 is 0. The molecule has 14 heteroatoms. The Morgan fingerprint density at radius 3 is 1.62 bits per heavy atom. The van der Waals surface area contributed by atoms with Crippen LogP contribution in [0, 0.1) is 0 Å². The molecule has 2 aliphatic rings. The van der Waals surface area contributed by atoms with Gasteiger partial charge in [-0.25, -0.2) is 0 Å². The molecule has 3 N–H and O–H groups in total. The monoisotopic (exact) mass is 768 g/mol. The standard InChI is InChI=1S/C42H48N4O10/c1-28(47)44-35-40(53-25-32-20-12-5-13-21-32)38(34(54-41(35)49)27-51-23-30-16-8-3-9-17-30)56-42-36(45-46-43)39(52-24-31-18-10-4-11-19-31)37(48)33(55-42)26-50-22-29-14-6-2-7-15-29/h2-21,33-42,48-49H,22-27H2,1H3,(H,44,47)/t33-,34-,35-,36-,37-,38-,39-,40-,41-,42+/m1/s1. The van der Waals surface area contributed by atoms with Crippen molar-refractivity contribution in [3.05, 3.63) is 154 Å². The normalized spacial score (nSPS) is 27.6. The van der Waals surface area contributed by atoms with Crippen molar-refractivity contribution in [1.82, 2.24) is 5.32 Å². The van der Waals surface area contributed by atoms with Gasteiger partial charge in [-0.05, 0) is 27.8 Å². The van der Waals surface area contributed by atoms with Crippen LogP contribution in [0.3, 0.4) is 0 Å². The number of amides is 1. The summed E-state index contributed by atoms with van der Waals surface area (Å²) in [6.45, 7) is 1.86. The largest absolute Gasteiger partial charge is 0.388 e. The third-order valence-electron chi connectivity index (χ3n) is 9.51. The zero-order valence-electron chi connectivity index (χ0n) is 31.1. The predicted octanol–water partition coefficient (Wildman–Crippen LogP) is 4.96. The lowest BCUT2D eigenvalue weighted by Crippen LogP contribution is -2.67. The Kier molecular flexibility index (Phi) is 15.4. The van der Waals surface area contributed by atoms with Crippen LogP contribution in [0.5, 0.6) is 0 Å². The molecule has 0 aliphatic carbocycles. The fraction of sp³-hybridized carbons (Fsp3) is 0.405. The molecule has 0 unspecified atom stereocenters. The molecule has 2 heterocycles. The van der Waals surface area contributed by atoms with Crippen molar-refractivity contribution in [1.29, 1.82) is 0 Å². The van der Waals surface area contributed by atoms with Crippen LogP contribution in [0.25, 0.3) is 10.4 Å². The van der Waals surface area contributed by atoms with Crippen LogP contribution in [0.2, 0.25) is 0 Å². The van der Waals surface area contributed by atoms with Crippen molar-refractivity contribution in [2.24, 2.45) is 5.11 Å². The molecule has 4 aromatic carbocycles. The summed E-state index contributed by atoms with van der Waals surface area (Å²) in [5.41, 5.74) is 13.3. The van der Waals surface area contributed by atoms with Gasteiger partial charge in [-0.15, -0.1) is 0 Å². The Hall–Kier alpha value is -4.70. The van der Waals surface area contributed by atoms with E-state index in [0.717, 1.165) is 22.3 Å². The zero-order chi connectivity index (χ0) is 39.1. The van der Waals surface area contributed by atoms with Crippen LogP contribution >= 0.6 is 0 Å². The third-order valence-corrected chi connectivity index (χ3v) is 9.51. The molecular formula is C42H48N4O10. The smallest absolute Gasteiger partial charge is 0.217 e.